The summed E-state index contributed by atoms with van der Waals surface area (Å²) in [5.41, 5.74) is 2.90. The third-order valence-corrected chi connectivity index (χ3v) is 3.75. The lowest BCUT2D eigenvalue weighted by atomic mass is 10.2. The molecule has 0 saturated heterocycles. The number of amides is 1. The zero-order chi connectivity index (χ0) is 17.6. The molecule has 0 radical (unpaired) electrons. The predicted molar refractivity (Wildman–Crippen MR) is 98.1 cm³/mol. The van der Waals surface area contributed by atoms with Crippen LogP contribution in [0, 0.1) is 11.3 Å². The van der Waals surface area contributed by atoms with Crippen molar-refractivity contribution in [1.82, 2.24) is 4.98 Å². The first-order valence-corrected chi connectivity index (χ1v) is 7.82. The van der Waals surface area contributed by atoms with E-state index < -0.39 is 0 Å². The highest BCUT2D eigenvalue weighted by atomic mass is 35.5. The molecule has 0 saturated carbocycles. The van der Waals surface area contributed by atoms with Crippen LogP contribution in [0.15, 0.2) is 66.9 Å². The average molecular weight is 349 g/mol. The lowest BCUT2D eigenvalue weighted by Crippen LogP contribution is -2.14. The van der Waals surface area contributed by atoms with Gasteiger partial charge in [0.25, 0.3) is 5.91 Å². The molecule has 0 aliphatic rings. The van der Waals surface area contributed by atoms with Gasteiger partial charge in [-0.3, -0.25) is 9.78 Å². The van der Waals surface area contributed by atoms with Gasteiger partial charge in [-0.2, -0.15) is 5.26 Å². The number of halogens is 1. The number of benzene rings is 2. The molecule has 0 bridgehead atoms. The summed E-state index contributed by atoms with van der Waals surface area (Å²) in [7, 11) is 0. The van der Waals surface area contributed by atoms with E-state index in [0.29, 0.717) is 22.0 Å². The van der Waals surface area contributed by atoms with Crippen molar-refractivity contribution in [2.45, 2.75) is 0 Å². The van der Waals surface area contributed by atoms with Crippen LogP contribution in [0.4, 0.5) is 17.1 Å². The maximum Gasteiger partial charge on any atom is 0.274 e. The number of hydrogen-bond acceptors (Lipinski definition) is 4. The molecule has 0 unspecified atom stereocenters. The molecule has 2 N–H and O–H groups in total. The van der Waals surface area contributed by atoms with Crippen molar-refractivity contribution < 1.29 is 4.79 Å². The molecule has 1 amide bonds. The number of nitrogens with zero attached hydrogens (tertiary/aromatic N) is 2. The van der Waals surface area contributed by atoms with Gasteiger partial charge >= 0.3 is 0 Å². The minimum atomic E-state index is -0.350. The molecule has 2 aromatic carbocycles. The van der Waals surface area contributed by atoms with Crippen molar-refractivity contribution in [2.24, 2.45) is 0 Å². The smallest absolute Gasteiger partial charge is 0.274 e. The standard InChI is InChI=1S/C19H13ClN4O/c20-16-3-1-2-4-17(16)24-19(25)18-11-15(9-10-22-18)23-14-7-5-13(12-21)6-8-14/h1-11H,(H,22,23)(H,24,25). The molecule has 0 spiro atoms. The van der Waals surface area contributed by atoms with E-state index in [4.69, 9.17) is 16.9 Å². The molecular weight excluding hydrogens is 336 g/mol. The van der Waals surface area contributed by atoms with Gasteiger partial charge in [-0.1, -0.05) is 23.7 Å². The molecule has 25 heavy (non-hydrogen) atoms. The lowest BCUT2D eigenvalue weighted by molar-refractivity contribution is 0.102. The van der Waals surface area contributed by atoms with Crippen LogP contribution in [0.2, 0.25) is 5.02 Å². The van der Waals surface area contributed by atoms with Gasteiger partial charge in [0, 0.05) is 17.6 Å². The van der Waals surface area contributed by atoms with Crippen LogP contribution in [-0.2, 0) is 0 Å². The number of carbonyl (C=O) groups excluding carboxylic acids is 1. The van der Waals surface area contributed by atoms with E-state index in [-0.39, 0.29) is 11.6 Å². The van der Waals surface area contributed by atoms with Crippen LogP contribution >= 0.6 is 11.6 Å². The Hall–Kier alpha value is -3.36. The number of pyridine rings is 1. The maximum atomic E-state index is 12.4. The molecule has 5 nitrogen and oxygen atoms in total. The predicted octanol–water partition coefficient (Wildman–Crippen LogP) is 4.60. The fraction of sp³-hybridized carbons (Fsp3) is 0. The van der Waals surface area contributed by atoms with Crippen LogP contribution in [0.1, 0.15) is 16.1 Å². The van der Waals surface area contributed by atoms with Crippen LogP contribution < -0.4 is 10.6 Å². The normalized spacial score (nSPS) is 9.92. The van der Waals surface area contributed by atoms with Crippen molar-refractivity contribution in [3.05, 3.63) is 83.1 Å². The monoisotopic (exact) mass is 348 g/mol. The highest BCUT2D eigenvalue weighted by Gasteiger charge is 2.10. The van der Waals surface area contributed by atoms with Gasteiger partial charge in [-0.25, -0.2) is 0 Å². The van der Waals surface area contributed by atoms with Crippen molar-refractivity contribution >= 4 is 34.6 Å². The molecule has 3 aromatic rings. The minimum Gasteiger partial charge on any atom is -0.355 e. The number of rotatable bonds is 4. The molecule has 0 aliphatic carbocycles. The fourth-order valence-corrected chi connectivity index (χ4v) is 2.36. The van der Waals surface area contributed by atoms with E-state index in [1.54, 1.807) is 66.9 Å². The SMILES string of the molecule is N#Cc1ccc(Nc2ccnc(C(=O)Nc3ccccc3Cl)c2)cc1. The largest absolute Gasteiger partial charge is 0.355 e. The van der Waals surface area contributed by atoms with Gasteiger partial charge < -0.3 is 10.6 Å². The Morgan fingerprint density at radius 3 is 2.52 bits per heavy atom. The van der Waals surface area contributed by atoms with E-state index in [2.05, 4.69) is 21.7 Å². The van der Waals surface area contributed by atoms with Gasteiger partial charge in [0.2, 0.25) is 0 Å². The zero-order valence-electron chi connectivity index (χ0n) is 13.0. The minimum absolute atomic E-state index is 0.263. The molecular formula is C19H13ClN4O. The average Bonchev–Trinajstić information content (AvgIpc) is 2.64. The van der Waals surface area contributed by atoms with Crippen LogP contribution in [0.3, 0.4) is 0 Å². The molecule has 1 aromatic heterocycles. The second kappa shape index (κ2) is 7.47. The van der Waals surface area contributed by atoms with E-state index in [1.165, 1.54) is 0 Å². The van der Waals surface area contributed by atoms with E-state index in [0.717, 1.165) is 5.69 Å². The summed E-state index contributed by atoms with van der Waals surface area (Å²) in [6, 6.07) is 19.5. The summed E-state index contributed by atoms with van der Waals surface area (Å²) in [6.07, 6.45) is 1.55. The van der Waals surface area contributed by atoms with Gasteiger partial charge in [0.05, 0.1) is 22.3 Å². The van der Waals surface area contributed by atoms with Gasteiger partial charge in [0.1, 0.15) is 5.69 Å². The number of para-hydroxylation sites is 1. The molecule has 0 fully saturated rings. The molecule has 1 heterocycles. The number of hydrogen-bond donors (Lipinski definition) is 2. The van der Waals surface area contributed by atoms with Gasteiger partial charge in [0.15, 0.2) is 0 Å². The van der Waals surface area contributed by atoms with Gasteiger partial charge in [-0.05, 0) is 48.5 Å². The topological polar surface area (TPSA) is 77.8 Å². The zero-order valence-corrected chi connectivity index (χ0v) is 13.8. The third-order valence-electron chi connectivity index (χ3n) is 3.42. The summed E-state index contributed by atoms with van der Waals surface area (Å²) in [4.78, 5) is 16.5. The highest BCUT2D eigenvalue weighted by molar-refractivity contribution is 6.33. The highest BCUT2D eigenvalue weighted by Crippen LogP contribution is 2.22. The van der Waals surface area contributed by atoms with Crippen LogP contribution in [0.5, 0.6) is 0 Å². The van der Waals surface area contributed by atoms with Crippen molar-refractivity contribution in [3.8, 4) is 6.07 Å². The van der Waals surface area contributed by atoms with Crippen LogP contribution in [-0.4, -0.2) is 10.9 Å². The Morgan fingerprint density at radius 1 is 1.04 bits per heavy atom. The summed E-state index contributed by atoms with van der Waals surface area (Å²) in [5.74, 6) is -0.350. The van der Waals surface area contributed by atoms with Gasteiger partial charge in [-0.15, -0.1) is 0 Å². The summed E-state index contributed by atoms with van der Waals surface area (Å²) < 4.78 is 0. The maximum absolute atomic E-state index is 12.4. The van der Waals surface area contributed by atoms with E-state index in [9.17, 15) is 4.79 Å². The van der Waals surface area contributed by atoms with E-state index >= 15 is 0 Å². The third kappa shape index (κ3) is 4.14. The Kier molecular flexibility index (Phi) is 4.93. The molecule has 122 valence electrons. The Labute approximate surface area is 149 Å². The molecule has 0 atom stereocenters. The number of nitriles is 1. The number of aromatic nitrogens is 1. The number of carbonyl (C=O) groups is 1. The van der Waals surface area contributed by atoms with Crippen molar-refractivity contribution in [1.29, 1.82) is 5.26 Å². The Morgan fingerprint density at radius 2 is 1.80 bits per heavy atom. The molecule has 3 rings (SSSR count). The fourth-order valence-electron chi connectivity index (χ4n) is 2.18. The van der Waals surface area contributed by atoms with E-state index in [1.807, 2.05) is 0 Å². The Balaban J connectivity index is 1.75. The number of nitrogens with one attached hydrogen (secondary N) is 2. The summed E-state index contributed by atoms with van der Waals surface area (Å²) in [6.45, 7) is 0. The first kappa shape index (κ1) is 16.5. The number of anilines is 3. The Bertz CT molecular complexity index is 948. The second-order valence-electron chi connectivity index (χ2n) is 5.18. The second-order valence-corrected chi connectivity index (χ2v) is 5.59. The molecule has 0 aliphatic heterocycles. The quantitative estimate of drug-likeness (QED) is 0.722. The lowest BCUT2D eigenvalue weighted by Gasteiger charge is -2.09. The first-order chi connectivity index (χ1) is 12.2. The van der Waals surface area contributed by atoms with Crippen molar-refractivity contribution in [2.75, 3.05) is 10.6 Å². The first-order valence-electron chi connectivity index (χ1n) is 7.45. The molecule has 6 heteroatoms. The van der Waals surface area contributed by atoms with Crippen LogP contribution in [0.25, 0.3) is 0 Å². The summed E-state index contributed by atoms with van der Waals surface area (Å²) >= 11 is 6.05. The van der Waals surface area contributed by atoms with Crippen molar-refractivity contribution in [3.63, 3.8) is 0 Å². The summed E-state index contributed by atoms with van der Waals surface area (Å²) in [5, 5.41) is 15.2.